The van der Waals surface area contributed by atoms with Gasteiger partial charge in [-0.25, -0.2) is 4.79 Å². The summed E-state index contributed by atoms with van der Waals surface area (Å²) in [6.45, 7) is 5.36. The summed E-state index contributed by atoms with van der Waals surface area (Å²) in [7, 11) is 0. The molecule has 2 aromatic carbocycles. The fraction of sp³-hybridized carbons (Fsp3) is 0.346. The van der Waals surface area contributed by atoms with Gasteiger partial charge in [0.1, 0.15) is 23.0 Å². The van der Waals surface area contributed by atoms with Gasteiger partial charge in [0.15, 0.2) is 5.60 Å². The number of carboxylic acids is 1. The zero-order chi connectivity index (χ0) is 24.9. The number of halogens is 3. The lowest BCUT2D eigenvalue weighted by molar-refractivity contribution is -0.152. The molecule has 0 fully saturated rings. The van der Waals surface area contributed by atoms with E-state index in [2.05, 4.69) is 0 Å². The molecule has 0 spiro atoms. The third-order valence-corrected chi connectivity index (χ3v) is 5.29. The van der Waals surface area contributed by atoms with Crippen LogP contribution in [0.1, 0.15) is 44.1 Å². The summed E-state index contributed by atoms with van der Waals surface area (Å²) in [6.07, 6.45) is -2.29. The molecule has 3 aromatic rings. The van der Waals surface area contributed by atoms with Crippen molar-refractivity contribution in [2.45, 2.75) is 51.8 Å². The molecule has 0 saturated carbocycles. The Bertz CT molecular complexity index is 1100. The highest BCUT2D eigenvalue weighted by Crippen LogP contribution is 2.32. The lowest BCUT2D eigenvalue weighted by Crippen LogP contribution is -2.37. The highest BCUT2D eigenvalue weighted by Gasteiger charge is 2.30. The second kappa shape index (κ2) is 10.2. The first kappa shape index (κ1) is 25.2. The molecule has 0 amide bonds. The van der Waals surface area contributed by atoms with Crippen LogP contribution >= 0.6 is 0 Å². The van der Waals surface area contributed by atoms with Gasteiger partial charge in [0, 0.05) is 12.0 Å². The lowest BCUT2D eigenvalue weighted by atomic mass is 10.1. The smallest absolute Gasteiger partial charge is 0.416 e. The Hall–Kier alpha value is -3.42. The van der Waals surface area contributed by atoms with Crippen LogP contribution in [0.25, 0.3) is 11.3 Å². The molecular weight excluding hydrogens is 449 g/mol. The normalized spacial score (nSPS) is 11.9. The van der Waals surface area contributed by atoms with Gasteiger partial charge in [0.2, 0.25) is 0 Å². The molecule has 0 radical (unpaired) electrons. The second-order valence-electron chi connectivity index (χ2n) is 8.33. The number of carboxylic acid groups (broad SMARTS) is 1. The summed E-state index contributed by atoms with van der Waals surface area (Å²) in [5, 5.41) is 9.14. The van der Waals surface area contributed by atoms with Gasteiger partial charge in [-0.05, 0) is 74.7 Å². The van der Waals surface area contributed by atoms with Crippen molar-refractivity contribution in [3.8, 4) is 22.8 Å². The Morgan fingerprint density at radius 1 is 1.00 bits per heavy atom. The van der Waals surface area contributed by atoms with Crippen molar-refractivity contribution in [2.24, 2.45) is 0 Å². The summed E-state index contributed by atoms with van der Waals surface area (Å²) in [5.41, 5.74) is -0.427. The van der Waals surface area contributed by atoms with Gasteiger partial charge >= 0.3 is 12.1 Å². The van der Waals surface area contributed by atoms with Crippen LogP contribution in [0, 0.1) is 0 Å². The van der Waals surface area contributed by atoms with E-state index in [1.165, 1.54) is 26.0 Å². The maximum absolute atomic E-state index is 12.8. The molecule has 34 heavy (non-hydrogen) atoms. The fourth-order valence-electron chi connectivity index (χ4n) is 3.34. The second-order valence-corrected chi connectivity index (χ2v) is 8.33. The molecule has 0 bridgehead atoms. The Labute approximate surface area is 196 Å². The minimum Gasteiger partial charge on any atom is -0.494 e. The third-order valence-electron chi connectivity index (χ3n) is 5.29. The number of furan rings is 1. The van der Waals surface area contributed by atoms with Crippen molar-refractivity contribution in [2.75, 3.05) is 6.61 Å². The quantitative estimate of drug-likeness (QED) is 0.327. The molecule has 0 aliphatic heterocycles. The number of aryl methyl sites for hydroxylation is 2. The van der Waals surface area contributed by atoms with Gasteiger partial charge in [-0.3, -0.25) is 0 Å². The van der Waals surface area contributed by atoms with E-state index in [-0.39, 0.29) is 0 Å². The van der Waals surface area contributed by atoms with E-state index in [9.17, 15) is 18.0 Å². The predicted molar refractivity (Wildman–Crippen MR) is 121 cm³/mol. The van der Waals surface area contributed by atoms with E-state index >= 15 is 0 Å². The zero-order valence-corrected chi connectivity index (χ0v) is 19.2. The number of aliphatic carboxylic acids is 1. The number of hydrogen-bond donors (Lipinski definition) is 1. The van der Waals surface area contributed by atoms with Crippen molar-refractivity contribution >= 4 is 5.97 Å². The monoisotopic (exact) mass is 476 g/mol. The first-order chi connectivity index (χ1) is 16.0. The van der Waals surface area contributed by atoms with Crippen molar-refractivity contribution in [3.05, 3.63) is 71.5 Å². The zero-order valence-electron chi connectivity index (χ0n) is 19.2. The van der Waals surface area contributed by atoms with Crippen LogP contribution in [0.4, 0.5) is 13.2 Å². The standard InChI is InChI=1S/C26H27F3O5/c1-4-22-18(16-23(33-22)17-7-9-19(10-8-17)26(27,28)29)6-5-15-32-20-11-13-21(14-12-20)34-25(2,3)24(30)31/h7-14,16H,4-6,15H2,1-3H3,(H,30,31). The highest BCUT2D eigenvalue weighted by atomic mass is 19.4. The number of carbonyl (C=O) groups is 1. The number of benzene rings is 2. The first-order valence-electron chi connectivity index (χ1n) is 10.9. The van der Waals surface area contributed by atoms with Crippen molar-refractivity contribution < 1.29 is 37.0 Å². The van der Waals surface area contributed by atoms with E-state index in [0.29, 0.717) is 48.7 Å². The number of alkyl halides is 3. The SMILES string of the molecule is CCc1oc(-c2ccc(C(F)(F)F)cc2)cc1CCCOc1ccc(OC(C)(C)C(=O)O)cc1. The van der Waals surface area contributed by atoms with Gasteiger partial charge in [-0.2, -0.15) is 13.2 Å². The highest BCUT2D eigenvalue weighted by molar-refractivity contribution is 5.76. The summed E-state index contributed by atoms with van der Waals surface area (Å²) >= 11 is 0. The summed E-state index contributed by atoms with van der Waals surface area (Å²) in [6, 6.07) is 13.5. The molecule has 0 saturated heterocycles. The van der Waals surface area contributed by atoms with Crippen LogP contribution in [0.5, 0.6) is 11.5 Å². The molecule has 0 unspecified atom stereocenters. The average molecular weight is 476 g/mol. The van der Waals surface area contributed by atoms with Gasteiger partial charge in [-0.15, -0.1) is 0 Å². The molecule has 3 rings (SSSR count). The van der Waals surface area contributed by atoms with Crippen LogP contribution in [0.15, 0.2) is 59.0 Å². The molecule has 0 atom stereocenters. The van der Waals surface area contributed by atoms with Crippen LogP contribution in [-0.2, 0) is 23.8 Å². The molecule has 8 heteroatoms. The predicted octanol–water partition coefficient (Wildman–Crippen LogP) is 6.78. The largest absolute Gasteiger partial charge is 0.494 e. The molecule has 5 nitrogen and oxygen atoms in total. The molecule has 0 aliphatic carbocycles. The Morgan fingerprint density at radius 3 is 2.18 bits per heavy atom. The number of hydrogen-bond acceptors (Lipinski definition) is 4. The molecule has 1 heterocycles. The number of ether oxygens (including phenoxy) is 2. The van der Waals surface area contributed by atoms with Crippen LogP contribution in [0.2, 0.25) is 0 Å². The van der Waals surface area contributed by atoms with Crippen molar-refractivity contribution in [3.63, 3.8) is 0 Å². The third kappa shape index (κ3) is 6.34. The van der Waals surface area contributed by atoms with Gasteiger partial charge in [0.25, 0.3) is 0 Å². The minimum atomic E-state index is -4.37. The summed E-state index contributed by atoms with van der Waals surface area (Å²) in [5.74, 6) is 1.36. The summed E-state index contributed by atoms with van der Waals surface area (Å²) in [4.78, 5) is 11.2. The maximum Gasteiger partial charge on any atom is 0.416 e. The topological polar surface area (TPSA) is 68.9 Å². The van der Waals surface area contributed by atoms with Crippen LogP contribution in [0.3, 0.4) is 0 Å². The maximum atomic E-state index is 12.8. The Kier molecular flexibility index (Phi) is 7.59. The average Bonchev–Trinajstić information content (AvgIpc) is 3.20. The minimum absolute atomic E-state index is 0.432. The van der Waals surface area contributed by atoms with Crippen molar-refractivity contribution in [1.82, 2.24) is 0 Å². The fourth-order valence-corrected chi connectivity index (χ4v) is 3.34. The number of rotatable bonds is 10. The molecule has 1 N–H and O–H groups in total. The summed E-state index contributed by atoms with van der Waals surface area (Å²) < 4.78 is 55.5. The van der Waals surface area contributed by atoms with Crippen LogP contribution < -0.4 is 9.47 Å². The van der Waals surface area contributed by atoms with E-state index in [1.807, 2.05) is 13.0 Å². The lowest BCUT2D eigenvalue weighted by Gasteiger charge is -2.21. The van der Waals surface area contributed by atoms with E-state index in [1.54, 1.807) is 24.3 Å². The molecular formula is C26H27F3O5. The molecule has 1 aromatic heterocycles. The van der Waals surface area contributed by atoms with Gasteiger partial charge in [-0.1, -0.05) is 19.1 Å². The van der Waals surface area contributed by atoms with Crippen LogP contribution in [-0.4, -0.2) is 23.3 Å². The Morgan fingerprint density at radius 2 is 1.62 bits per heavy atom. The molecule has 0 aliphatic rings. The van der Waals surface area contributed by atoms with E-state index < -0.39 is 23.3 Å². The Balaban J connectivity index is 1.55. The van der Waals surface area contributed by atoms with E-state index in [0.717, 1.165) is 23.5 Å². The van der Waals surface area contributed by atoms with E-state index in [4.69, 9.17) is 19.0 Å². The van der Waals surface area contributed by atoms with Gasteiger partial charge < -0.3 is 19.0 Å². The first-order valence-corrected chi connectivity index (χ1v) is 10.9. The molecule has 182 valence electrons. The van der Waals surface area contributed by atoms with Gasteiger partial charge in [0.05, 0.1) is 12.2 Å². The van der Waals surface area contributed by atoms with Crippen molar-refractivity contribution in [1.29, 1.82) is 0 Å².